The second-order valence-electron chi connectivity index (χ2n) is 7.75. The van der Waals surface area contributed by atoms with Gasteiger partial charge in [-0.2, -0.15) is 0 Å². The zero-order valence-corrected chi connectivity index (χ0v) is 21.9. The van der Waals surface area contributed by atoms with Crippen LogP contribution in [0.4, 0.5) is 11.1 Å². The van der Waals surface area contributed by atoms with Gasteiger partial charge in [0.05, 0.1) is 5.69 Å². The molecule has 0 spiro atoms. The third kappa shape index (κ3) is 6.04. The lowest BCUT2D eigenvalue weighted by Crippen LogP contribution is -2.25. The number of thiazole rings is 1. The van der Waals surface area contributed by atoms with E-state index in [1.807, 2.05) is 54.6 Å². The number of hydrogen-bond acceptors (Lipinski definition) is 9. The number of anilines is 2. The highest BCUT2D eigenvalue weighted by molar-refractivity contribution is 7.98. The fourth-order valence-electron chi connectivity index (χ4n) is 3.26. The number of ether oxygens (including phenoxy) is 1. The maximum absolute atomic E-state index is 13.0. The van der Waals surface area contributed by atoms with Gasteiger partial charge >= 0.3 is 5.97 Å². The highest BCUT2D eigenvalue weighted by Gasteiger charge is 2.25. The highest BCUT2D eigenvalue weighted by atomic mass is 35.5. The molecule has 0 aliphatic heterocycles. The summed E-state index contributed by atoms with van der Waals surface area (Å²) in [5, 5.41) is 12.2. The Morgan fingerprint density at radius 3 is 2.64 bits per heavy atom. The van der Waals surface area contributed by atoms with E-state index >= 15 is 0 Å². The number of halogens is 1. The summed E-state index contributed by atoms with van der Waals surface area (Å²) in [6.07, 6.45) is 0. The molecule has 0 aliphatic carbocycles. The molecule has 1 unspecified atom stereocenters. The lowest BCUT2D eigenvalue weighted by atomic mass is 10.2. The van der Waals surface area contributed by atoms with E-state index in [9.17, 15) is 9.59 Å². The van der Waals surface area contributed by atoms with Crippen LogP contribution >= 0.6 is 34.7 Å². The first-order chi connectivity index (χ1) is 17.3. The van der Waals surface area contributed by atoms with Crippen molar-refractivity contribution in [2.45, 2.75) is 37.4 Å². The van der Waals surface area contributed by atoms with Crippen molar-refractivity contribution < 1.29 is 14.3 Å². The smallest absolute Gasteiger partial charge is 0.350 e. The molecule has 36 heavy (non-hydrogen) atoms. The highest BCUT2D eigenvalue weighted by Crippen LogP contribution is 2.30. The maximum Gasteiger partial charge on any atom is 0.350 e. The Morgan fingerprint density at radius 1 is 1.17 bits per heavy atom. The van der Waals surface area contributed by atoms with Crippen molar-refractivity contribution in [1.82, 2.24) is 19.7 Å². The summed E-state index contributed by atoms with van der Waals surface area (Å²) < 4.78 is 6.94. The van der Waals surface area contributed by atoms with Crippen molar-refractivity contribution >= 4 is 57.7 Å². The van der Waals surface area contributed by atoms with E-state index < -0.39 is 12.0 Å². The maximum atomic E-state index is 13.0. The molecule has 9 nitrogen and oxygen atoms in total. The van der Waals surface area contributed by atoms with Crippen LogP contribution in [0.25, 0.3) is 0 Å². The number of nitrogen functional groups attached to an aromatic ring is 1. The summed E-state index contributed by atoms with van der Waals surface area (Å²) in [5.74, 6) is -0.228. The third-order valence-electron chi connectivity index (χ3n) is 5.20. The predicted octanol–water partition coefficient (Wildman–Crippen LogP) is 5.13. The summed E-state index contributed by atoms with van der Waals surface area (Å²) in [6.45, 7) is 3.53. The van der Waals surface area contributed by atoms with E-state index in [1.54, 1.807) is 18.4 Å². The second-order valence-corrected chi connectivity index (χ2v) is 10.1. The molecule has 0 bridgehead atoms. The minimum absolute atomic E-state index is 0.111. The van der Waals surface area contributed by atoms with E-state index in [0.717, 1.165) is 22.5 Å². The zero-order chi connectivity index (χ0) is 25.7. The first-order valence-electron chi connectivity index (χ1n) is 10.9. The van der Waals surface area contributed by atoms with Crippen LogP contribution in [0.2, 0.25) is 5.02 Å². The number of nitrogens with zero attached hydrogens (tertiary/aromatic N) is 4. The van der Waals surface area contributed by atoms with Gasteiger partial charge in [-0.15, -0.1) is 10.2 Å². The molecule has 0 radical (unpaired) electrons. The molecule has 3 N–H and O–H groups in total. The summed E-state index contributed by atoms with van der Waals surface area (Å²) in [5.41, 5.74) is 8.30. The van der Waals surface area contributed by atoms with Crippen molar-refractivity contribution in [2.24, 2.45) is 0 Å². The molecule has 0 saturated heterocycles. The molecule has 2 aromatic carbocycles. The monoisotopic (exact) mass is 542 g/mol. The minimum atomic E-state index is -0.730. The number of aryl methyl sites for hydroxylation is 1. The summed E-state index contributed by atoms with van der Waals surface area (Å²) in [4.78, 5) is 30.2. The molecule has 2 aromatic heterocycles. The summed E-state index contributed by atoms with van der Waals surface area (Å²) >= 11 is 8.67. The molecule has 1 atom stereocenters. The Balaban J connectivity index is 1.41. The average molecular weight is 543 g/mol. The fraction of sp³-hybridized carbons (Fsp3) is 0.208. The third-order valence-corrected chi connectivity index (χ3v) is 7.61. The Kier molecular flexibility index (Phi) is 8.24. The molecular formula is C24H23ClN6O3S2. The Hall–Kier alpha value is -3.41. The van der Waals surface area contributed by atoms with Gasteiger partial charge in [-0.1, -0.05) is 83.2 Å². The van der Waals surface area contributed by atoms with Crippen molar-refractivity contribution in [3.8, 4) is 0 Å². The number of benzene rings is 2. The van der Waals surface area contributed by atoms with Crippen molar-refractivity contribution in [3.63, 3.8) is 0 Å². The zero-order valence-electron chi connectivity index (χ0n) is 19.5. The summed E-state index contributed by atoms with van der Waals surface area (Å²) in [7, 11) is 0. The van der Waals surface area contributed by atoms with Crippen molar-refractivity contribution in [1.29, 1.82) is 0 Å². The van der Waals surface area contributed by atoms with Crippen molar-refractivity contribution in [3.05, 3.63) is 81.3 Å². The normalized spacial score (nSPS) is 11.8. The lowest BCUT2D eigenvalue weighted by Gasteiger charge is -2.15. The van der Waals surface area contributed by atoms with Crippen LogP contribution < -0.4 is 11.1 Å². The van der Waals surface area contributed by atoms with Crippen LogP contribution in [0.1, 0.15) is 39.5 Å². The van der Waals surface area contributed by atoms with Crippen LogP contribution in [0.5, 0.6) is 0 Å². The average Bonchev–Trinajstić information content (AvgIpc) is 3.43. The SMILES string of the molecule is Cc1nc(NC(=O)C(C)n2c(N)nnc2SCc2ccccc2Cl)sc1C(=O)OCc1ccccc1. The van der Waals surface area contributed by atoms with Gasteiger partial charge in [0, 0.05) is 10.8 Å². The number of nitrogens with two attached hydrogens (primary N) is 1. The van der Waals surface area contributed by atoms with Gasteiger partial charge in [0.25, 0.3) is 0 Å². The van der Waals surface area contributed by atoms with Gasteiger partial charge in [-0.25, -0.2) is 9.78 Å². The molecule has 4 aromatic rings. The number of rotatable bonds is 9. The minimum Gasteiger partial charge on any atom is -0.457 e. The number of esters is 1. The number of thioether (sulfide) groups is 1. The molecule has 1 amide bonds. The van der Waals surface area contributed by atoms with Crippen LogP contribution in [0, 0.1) is 6.92 Å². The van der Waals surface area contributed by atoms with Crippen LogP contribution in [-0.2, 0) is 21.9 Å². The number of carbonyl (C=O) groups is 2. The Morgan fingerprint density at radius 2 is 1.89 bits per heavy atom. The van der Waals surface area contributed by atoms with Crippen LogP contribution in [-0.4, -0.2) is 31.6 Å². The topological polar surface area (TPSA) is 125 Å². The van der Waals surface area contributed by atoms with Gasteiger partial charge in [-0.3, -0.25) is 9.36 Å². The molecular weight excluding hydrogens is 520 g/mol. The summed E-state index contributed by atoms with van der Waals surface area (Å²) in [6, 6.07) is 16.1. The van der Waals surface area contributed by atoms with Gasteiger partial charge in [0.15, 0.2) is 10.3 Å². The number of hydrogen-bond donors (Lipinski definition) is 2. The van der Waals surface area contributed by atoms with Gasteiger partial charge in [0.1, 0.15) is 17.5 Å². The molecule has 12 heteroatoms. The van der Waals surface area contributed by atoms with E-state index in [0.29, 0.717) is 26.5 Å². The number of amides is 1. The quantitative estimate of drug-likeness (QED) is 0.220. The predicted molar refractivity (Wildman–Crippen MR) is 141 cm³/mol. The molecule has 186 valence electrons. The molecule has 2 heterocycles. The van der Waals surface area contributed by atoms with Crippen LogP contribution in [0.3, 0.4) is 0 Å². The number of aromatic nitrogens is 4. The standard InChI is InChI=1S/C24H23ClN6O3S2/c1-14-19(21(33)34-12-16-8-4-3-5-9-16)36-23(27-14)28-20(32)15(2)31-22(26)29-30-24(31)35-13-17-10-6-7-11-18(17)25/h3-11,15H,12-13H2,1-2H3,(H2,26,29)(H,27,28,32). The van der Waals surface area contributed by atoms with Gasteiger partial charge in [-0.05, 0) is 31.0 Å². The van der Waals surface area contributed by atoms with E-state index in [2.05, 4.69) is 20.5 Å². The Bertz CT molecular complexity index is 1380. The fourth-order valence-corrected chi connectivity index (χ4v) is 5.43. The van der Waals surface area contributed by atoms with E-state index in [-0.39, 0.29) is 23.6 Å². The molecule has 0 saturated carbocycles. The Labute approximate surface area is 221 Å². The molecule has 0 fully saturated rings. The van der Waals surface area contributed by atoms with Crippen LogP contribution in [0.15, 0.2) is 59.8 Å². The largest absolute Gasteiger partial charge is 0.457 e. The number of carbonyl (C=O) groups excluding carboxylic acids is 2. The van der Waals surface area contributed by atoms with Gasteiger partial charge < -0.3 is 15.8 Å². The van der Waals surface area contributed by atoms with E-state index in [4.69, 9.17) is 22.1 Å². The first kappa shape index (κ1) is 25.7. The van der Waals surface area contributed by atoms with Gasteiger partial charge in [0.2, 0.25) is 11.9 Å². The second kappa shape index (κ2) is 11.5. The van der Waals surface area contributed by atoms with E-state index in [1.165, 1.54) is 11.8 Å². The lowest BCUT2D eigenvalue weighted by molar-refractivity contribution is -0.118. The number of nitrogens with one attached hydrogen (secondary N) is 1. The van der Waals surface area contributed by atoms with Crippen molar-refractivity contribution in [2.75, 3.05) is 11.1 Å². The molecule has 0 aliphatic rings. The first-order valence-corrected chi connectivity index (χ1v) is 13.1. The molecule has 4 rings (SSSR count).